The van der Waals surface area contributed by atoms with Crippen LogP contribution in [0.4, 0.5) is 0 Å². The Hall–Kier alpha value is -2.12. The zero-order valence-corrected chi connectivity index (χ0v) is 17.6. The molecule has 1 aliphatic heterocycles. The van der Waals surface area contributed by atoms with Crippen LogP contribution in [0.5, 0.6) is 5.75 Å². The molecule has 7 nitrogen and oxygen atoms in total. The first-order valence-electron chi connectivity index (χ1n) is 9.58. The molecule has 0 saturated carbocycles. The summed E-state index contributed by atoms with van der Waals surface area (Å²) in [4.78, 5) is 12.3. The molecule has 1 fully saturated rings. The van der Waals surface area contributed by atoms with Gasteiger partial charge in [-0.05, 0) is 43.0 Å². The molecule has 1 amide bonds. The Balaban J connectivity index is 0.00000280. The Bertz CT molecular complexity index is 766. The van der Waals surface area contributed by atoms with Gasteiger partial charge < -0.3 is 15.4 Å². The van der Waals surface area contributed by atoms with Crippen molar-refractivity contribution in [3.8, 4) is 5.75 Å². The Morgan fingerprint density at radius 1 is 1.29 bits per heavy atom. The van der Waals surface area contributed by atoms with Crippen LogP contribution in [0.3, 0.4) is 0 Å². The van der Waals surface area contributed by atoms with Crippen molar-refractivity contribution in [2.75, 3.05) is 26.2 Å². The average Bonchev–Trinajstić information content (AvgIpc) is 3.16. The normalized spacial score (nSPS) is 15.0. The van der Waals surface area contributed by atoms with E-state index in [1.165, 1.54) is 0 Å². The summed E-state index contributed by atoms with van der Waals surface area (Å²) in [6, 6.07) is 8.33. The molecule has 2 N–H and O–H groups in total. The Kier molecular flexibility index (Phi) is 7.83. The van der Waals surface area contributed by atoms with E-state index >= 15 is 0 Å². The fourth-order valence-corrected chi connectivity index (χ4v) is 3.26. The number of carbonyl (C=O) groups excluding carboxylic acids is 1. The number of ether oxygens (including phenoxy) is 1. The minimum Gasteiger partial charge on any atom is -0.491 e. The van der Waals surface area contributed by atoms with Gasteiger partial charge in [-0.1, -0.05) is 44.2 Å². The summed E-state index contributed by atoms with van der Waals surface area (Å²) in [6.07, 6.45) is 3.75. The number of rotatable bonds is 6. The number of aromatic nitrogens is 3. The quantitative estimate of drug-likeness (QED) is 0.719. The summed E-state index contributed by atoms with van der Waals surface area (Å²) >= 11 is 0. The third-order valence-electron chi connectivity index (χ3n) is 4.77. The minimum atomic E-state index is -0.220. The zero-order chi connectivity index (χ0) is 19.3. The highest BCUT2D eigenvalue weighted by molar-refractivity contribution is 5.91. The number of halogens is 1. The molecule has 1 aromatic carbocycles. The van der Waals surface area contributed by atoms with Gasteiger partial charge >= 0.3 is 0 Å². The summed E-state index contributed by atoms with van der Waals surface area (Å²) in [5, 5.41) is 14.3. The Morgan fingerprint density at radius 2 is 2.00 bits per heavy atom. The van der Waals surface area contributed by atoms with E-state index < -0.39 is 0 Å². The van der Waals surface area contributed by atoms with Gasteiger partial charge in [-0.15, -0.1) is 17.5 Å². The van der Waals surface area contributed by atoms with Crippen LogP contribution in [0.25, 0.3) is 0 Å². The number of carbonyl (C=O) groups is 1. The number of hydrogen-bond acceptors (Lipinski definition) is 5. The second-order valence-corrected chi connectivity index (χ2v) is 7.92. The van der Waals surface area contributed by atoms with E-state index in [0.717, 1.165) is 37.2 Å². The summed E-state index contributed by atoms with van der Waals surface area (Å²) in [5.41, 5.74) is 1.51. The van der Waals surface area contributed by atoms with E-state index in [-0.39, 0.29) is 23.7 Å². The lowest BCUT2D eigenvalue weighted by Gasteiger charge is -2.22. The topological polar surface area (TPSA) is 81.1 Å². The molecule has 0 unspecified atom stereocenters. The number of para-hydroxylation sites is 1. The predicted molar refractivity (Wildman–Crippen MR) is 111 cm³/mol. The minimum absolute atomic E-state index is 0. The van der Waals surface area contributed by atoms with Crippen molar-refractivity contribution in [2.24, 2.45) is 0 Å². The van der Waals surface area contributed by atoms with E-state index in [0.29, 0.717) is 24.9 Å². The maximum atomic E-state index is 12.3. The monoisotopic (exact) mass is 407 g/mol. The molecule has 3 rings (SSSR count). The number of nitrogens with one attached hydrogen (secondary N) is 2. The SMILES string of the molecule is CC(C)(C)c1ccccc1OCCNC(=O)c1cn(C2CCNCC2)nn1.Cl. The molecule has 1 saturated heterocycles. The second-order valence-electron chi connectivity index (χ2n) is 7.92. The van der Waals surface area contributed by atoms with Crippen LogP contribution >= 0.6 is 12.4 Å². The van der Waals surface area contributed by atoms with Crippen molar-refractivity contribution in [1.29, 1.82) is 0 Å². The van der Waals surface area contributed by atoms with Gasteiger partial charge in [-0.3, -0.25) is 4.79 Å². The number of nitrogens with zero attached hydrogens (tertiary/aromatic N) is 3. The van der Waals surface area contributed by atoms with Crippen LogP contribution in [-0.4, -0.2) is 47.1 Å². The van der Waals surface area contributed by atoms with Gasteiger partial charge in [0.15, 0.2) is 5.69 Å². The summed E-state index contributed by atoms with van der Waals surface area (Å²) in [5.74, 6) is 0.638. The van der Waals surface area contributed by atoms with Crippen LogP contribution in [-0.2, 0) is 5.41 Å². The maximum absolute atomic E-state index is 12.3. The lowest BCUT2D eigenvalue weighted by molar-refractivity contribution is 0.0941. The molecule has 8 heteroatoms. The van der Waals surface area contributed by atoms with Crippen LogP contribution in [0, 0.1) is 0 Å². The van der Waals surface area contributed by atoms with Crippen LogP contribution in [0.2, 0.25) is 0 Å². The van der Waals surface area contributed by atoms with Gasteiger partial charge in [0.25, 0.3) is 5.91 Å². The zero-order valence-electron chi connectivity index (χ0n) is 16.8. The number of amides is 1. The third-order valence-corrected chi connectivity index (χ3v) is 4.77. The van der Waals surface area contributed by atoms with Crippen LogP contribution in [0.1, 0.15) is 55.7 Å². The highest BCUT2D eigenvalue weighted by Crippen LogP contribution is 2.30. The lowest BCUT2D eigenvalue weighted by atomic mass is 9.86. The number of piperidine rings is 1. The molecule has 28 heavy (non-hydrogen) atoms. The van der Waals surface area contributed by atoms with Crippen molar-refractivity contribution >= 4 is 18.3 Å². The molecular weight excluding hydrogens is 378 g/mol. The van der Waals surface area contributed by atoms with Crippen molar-refractivity contribution in [1.82, 2.24) is 25.6 Å². The Labute approximate surface area is 172 Å². The van der Waals surface area contributed by atoms with E-state index in [2.05, 4.69) is 47.8 Å². The molecule has 1 aliphatic rings. The first kappa shape index (κ1) is 22.2. The van der Waals surface area contributed by atoms with Crippen molar-refractivity contribution < 1.29 is 9.53 Å². The Morgan fingerprint density at radius 3 is 2.71 bits per heavy atom. The van der Waals surface area contributed by atoms with Crippen molar-refractivity contribution in [3.05, 3.63) is 41.7 Å². The smallest absolute Gasteiger partial charge is 0.273 e. The third kappa shape index (κ3) is 5.69. The fourth-order valence-electron chi connectivity index (χ4n) is 3.26. The molecule has 0 radical (unpaired) electrons. The molecule has 2 heterocycles. The second kappa shape index (κ2) is 9.89. The summed E-state index contributed by atoms with van der Waals surface area (Å²) in [7, 11) is 0. The molecule has 0 atom stereocenters. The van der Waals surface area contributed by atoms with Crippen molar-refractivity contribution in [2.45, 2.75) is 45.1 Å². The van der Waals surface area contributed by atoms with Crippen LogP contribution < -0.4 is 15.4 Å². The largest absolute Gasteiger partial charge is 0.491 e. The van der Waals surface area contributed by atoms with E-state index in [4.69, 9.17) is 4.74 Å². The predicted octanol–water partition coefficient (Wildman–Crippen LogP) is 2.73. The van der Waals surface area contributed by atoms with E-state index in [1.54, 1.807) is 6.20 Å². The first-order valence-corrected chi connectivity index (χ1v) is 9.58. The molecule has 0 aliphatic carbocycles. The van der Waals surface area contributed by atoms with Gasteiger partial charge in [-0.25, -0.2) is 4.68 Å². The van der Waals surface area contributed by atoms with Gasteiger partial charge in [0.1, 0.15) is 12.4 Å². The van der Waals surface area contributed by atoms with E-state index in [1.807, 2.05) is 22.9 Å². The molecular formula is C20H30ClN5O2. The molecule has 1 aromatic heterocycles. The summed E-state index contributed by atoms with van der Waals surface area (Å²) in [6.45, 7) is 9.23. The summed E-state index contributed by atoms with van der Waals surface area (Å²) < 4.78 is 7.70. The molecule has 0 bridgehead atoms. The number of hydrogen-bond donors (Lipinski definition) is 2. The standard InChI is InChI=1S/C20H29N5O2.ClH/c1-20(2,3)16-6-4-5-7-18(16)27-13-12-22-19(26)17-14-25(24-23-17)15-8-10-21-11-9-15;/h4-7,14-15,21H,8-13H2,1-3H3,(H,22,26);1H. The fraction of sp³-hybridized carbons (Fsp3) is 0.550. The molecule has 0 spiro atoms. The van der Waals surface area contributed by atoms with Crippen LogP contribution in [0.15, 0.2) is 30.5 Å². The molecule has 2 aromatic rings. The average molecular weight is 408 g/mol. The van der Waals surface area contributed by atoms with E-state index in [9.17, 15) is 4.79 Å². The first-order chi connectivity index (χ1) is 12.9. The van der Waals surface area contributed by atoms with Gasteiger partial charge in [0.05, 0.1) is 18.8 Å². The number of benzene rings is 1. The highest BCUT2D eigenvalue weighted by Gasteiger charge is 2.20. The van der Waals surface area contributed by atoms with Gasteiger partial charge in [0, 0.05) is 0 Å². The lowest BCUT2D eigenvalue weighted by Crippen LogP contribution is -2.30. The molecule has 154 valence electrons. The van der Waals surface area contributed by atoms with Gasteiger partial charge in [0.2, 0.25) is 0 Å². The maximum Gasteiger partial charge on any atom is 0.273 e. The highest BCUT2D eigenvalue weighted by atomic mass is 35.5. The van der Waals surface area contributed by atoms with Crippen molar-refractivity contribution in [3.63, 3.8) is 0 Å². The van der Waals surface area contributed by atoms with Gasteiger partial charge in [-0.2, -0.15) is 0 Å².